The lowest BCUT2D eigenvalue weighted by atomic mass is 10.2. The van der Waals surface area contributed by atoms with Gasteiger partial charge in [0.15, 0.2) is 11.2 Å². The van der Waals surface area contributed by atoms with Crippen molar-refractivity contribution in [3.63, 3.8) is 0 Å². The summed E-state index contributed by atoms with van der Waals surface area (Å²) in [5.41, 5.74) is 1.74. The number of ether oxygens (including phenoxy) is 1. The van der Waals surface area contributed by atoms with Gasteiger partial charge in [-0.1, -0.05) is 30.3 Å². The van der Waals surface area contributed by atoms with Crippen LogP contribution in [0.4, 0.5) is 18.3 Å². The second kappa shape index (κ2) is 5.65. The molecule has 0 radical (unpaired) electrons. The van der Waals surface area contributed by atoms with Gasteiger partial charge in [0.25, 0.3) is 0 Å². The number of hydrogen-bond donors (Lipinski definition) is 0. The van der Waals surface area contributed by atoms with E-state index < -0.39 is 12.3 Å². The number of anilines is 1. The highest BCUT2D eigenvalue weighted by Gasteiger charge is 2.43. The average molecular weight is 314 g/mol. The fraction of sp³-hybridized carbons (Fsp3) is 0.357. The Morgan fingerprint density at radius 1 is 1.24 bits per heavy atom. The molecule has 1 aromatic carbocycles. The Morgan fingerprint density at radius 3 is 2.71 bits per heavy atom. The van der Waals surface area contributed by atoms with E-state index in [1.54, 1.807) is 4.90 Å². The van der Waals surface area contributed by atoms with Crippen molar-refractivity contribution >= 4 is 16.5 Å². The van der Waals surface area contributed by atoms with Crippen LogP contribution >= 0.6 is 11.3 Å². The summed E-state index contributed by atoms with van der Waals surface area (Å²) in [6.45, 7) is 0.282. The van der Waals surface area contributed by atoms with Crippen LogP contribution in [-0.4, -0.2) is 37.0 Å². The monoisotopic (exact) mass is 314 g/mol. The van der Waals surface area contributed by atoms with E-state index >= 15 is 0 Å². The molecular formula is C14H13F3N2OS. The van der Waals surface area contributed by atoms with Crippen molar-refractivity contribution in [2.75, 3.05) is 24.6 Å². The molecule has 112 valence electrons. The molecule has 2 aromatic rings. The van der Waals surface area contributed by atoms with Crippen LogP contribution in [0.25, 0.3) is 11.3 Å². The Labute approximate surface area is 124 Å². The van der Waals surface area contributed by atoms with Gasteiger partial charge in [0, 0.05) is 17.5 Å². The highest BCUT2D eigenvalue weighted by atomic mass is 32.1. The van der Waals surface area contributed by atoms with Crippen LogP contribution in [0.2, 0.25) is 0 Å². The van der Waals surface area contributed by atoms with Gasteiger partial charge >= 0.3 is 6.18 Å². The molecule has 1 saturated heterocycles. The van der Waals surface area contributed by atoms with Crippen molar-refractivity contribution < 1.29 is 17.9 Å². The van der Waals surface area contributed by atoms with Gasteiger partial charge in [-0.05, 0) is 0 Å². The third-order valence-corrected chi connectivity index (χ3v) is 4.17. The van der Waals surface area contributed by atoms with Gasteiger partial charge in [-0.25, -0.2) is 4.98 Å². The standard InChI is InChI=1S/C14H13F3N2OS/c15-14(16,17)12-8-19(6-7-20-12)13-18-11(9-21-13)10-4-2-1-3-5-10/h1-5,9,12H,6-8H2. The van der Waals surface area contributed by atoms with Crippen LogP contribution in [-0.2, 0) is 4.74 Å². The minimum absolute atomic E-state index is 0.0599. The second-order valence-corrected chi connectivity index (χ2v) is 5.56. The van der Waals surface area contributed by atoms with Crippen LogP contribution in [0.3, 0.4) is 0 Å². The summed E-state index contributed by atoms with van der Waals surface area (Å²) in [6, 6.07) is 9.57. The summed E-state index contributed by atoms with van der Waals surface area (Å²) in [5.74, 6) is 0. The van der Waals surface area contributed by atoms with Crippen LogP contribution in [0.1, 0.15) is 0 Å². The number of hydrogen-bond acceptors (Lipinski definition) is 4. The molecule has 0 saturated carbocycles. The Bertz CT molecular complexity index is 600. The first-order valence-electron chi connectivity index (χ1n) is 6.48. The molecule has 0 spiro atoms. The van der Waals surface area contributed by atoms with E-state index in [0.717, 1.165) is 11.3 Å². The normalized spacial score (nSPS) is 19.8. The van der Waals surface area contributed by atoms with Gasteiger partial charge in [-0.2, -0.15) is 13.2 Å². The number of rotatable bonds is 2. The number of morpholine rings is 1. The summed E-state index contributed by atoms with van der Waals surface area (Å²) in [5, 5.41) is 2.47. The fourth-order valence-corrected chi connectivity index (χ4v) is 3.04. The number of aromatic nitrogens is 1. The number of thiazole rings is 1. The van der Waals surface area contributed by atoms with E-state index in [1.807, 2.05) is 35.7 Å². The zero-order chi connectivity index (χ0) is 14.9. The van der Waals surface area contributed by atoms with E-state index in [2.05, 4.69) is 4.98 Å². The summed E-state index contributed by atoms with van der Waals surface area (Å²) in [7, 11) is 0. The maximum atomic E-state index is 12.7. The quantitative estimate of drug-likeness (QED) is 0.847. The van der Waals surface area contributed by atoms with Gasteiger partial charge in [0.2, 0.25) is 0 Å². The molecule has 0 aliphatic carbocycles. The number of nitrogens with zero attached hydrogens (tertiary/aromatic N) is 2. The highest BCUT2D eigenvalue weighted by molar-refractivity contribution is 7.14. The lowest BCUT2D eigenvalue weighted by Gasteiger charge is -2.33. The molecule has 1 atom stereocenters. The number of alkyl halides is 3. The zero-order valence-corrected chi connectivity index (χ0v) is 11.8. The third kappa shape index (κ3) is 3.19. The maximum absolute atomic E-state index is 12.7. The average Bonchev–Trinajstić information content (AvgIpc) is 2.97. The Balaban J connectivity index is 1.77. The van der Waals surface area contributed by atoms with E-state index in [9.17, 15) is 13.2 Å². The van der Waals surface area contributed by atoms with Crippen molar-refractivity contribution in [3.05, 3.63) is 35.7 Å². The highest BCUT2D eigenvalue weighted by Crippen LogP contribution is 2.31. The van der Waals surface area contributed by atoms with Gasteiger partial charge in [-0.3, -0.25) is 0 Å². The number of halogens is 3. The summed E-state index contributed by atoms with van der Waals surface area (Å²) >= 11 is 1.36. The largest absolute Gasteiger partial charge is 0.416 e. The van der Waals surface area contributed by atoms with Crippen LogP contribution < -0.4 is 4.90 Å². The van der Waals surface area contributed by atoms with Gasteiger partial charge in [-0.15, -0.1) is 11.3 Å². The van der Waals surface area contributed by atoms with E-state index in [4.69, 9.17) is 4.74 Å². The maximum Gasteiger partial charge on any atom is 0.416 e. The summed E-state index contributed by atoms with van der Waals surface area (Å²) in [6.07, 6.45) is -6.08. The molecule has 2 heterocycles. The van der Waals surface area contributed by atoms with Crippen LogP contribution in [0.15, 0.2) is 35.7 Å². The van der Waals surface area contributed by atoms with Crippen LogP contribution in [0.5, 0.6) is 0 Å². The molecule has 1 fully saturated rings. The van der Waals surface area contributed by atoms with Crippen LogP contribution in [0, 0.1) is 0 Å². The fourth-order valence-electron chi connectivity index (χ4n) is 2.17. The molecule has 1 unspecified atom stereocenters. The van der Waals surface area contributed by atoms with E-state index in [-0.39, 0.29) is 13.2 Å². The molecule has 3 nitrogen and oxygen atoms in total. The van der Waals surface area contributed by atoms with E-state index in [0.29, 0.717) is 11.7 Å². The lowest BCUT2D eigenvalue weighted by molar-refractivity contribution is -0.221. The molecule has 21 heavy (non-hydrogen) atoms. The summed E-state index contributed by atoms with van der Waals surface area (Å²) in [4.78, 5) is 6.08. The first-order valence-corrected chi connectivity index (χ1v) is 7.36. The third-order valence-electron chi connectivity index (χ3n) is 3.26. The van der Waals surface area contributed by atoms with Gasteiger partial charge in [0.05, 0.1) is 18.8 Å². The molecule has 1 aromatic heterocycles. The molecule has 0 amide bonds. The van der Waals surface area contributed by atoms with Gasteiger partial charge < -0.3 is 9.64 Å². The molecule has 0 N–H and O–H groups in total. The number of benzene rings is 1. The van der Waals surface area contributed by atoms with Crippen molar-refractivity contribution in [1.82, 2.24) is 4.98 Å². The molecule has 3 rings (SSSR count). The Hall–Kier alpha value is -1.60. The van der Waals surface area contributed by atoms with Crippen molar-refractivity contribution in [1.29, 1.82) is 0 Å². The van der Waals surface area contributed by atoms with E-state index in [1.165, 1.54) is 11.3 Å². The SMILES string of the molecule is FC(F)(F)C1CN(c2nc(-c3ccccc3)cs2)CCO1. The Kier molecular flexibility index (Phi) is 3.86. The molecule has 1 aliphatic heterocycles. The lowest BCUT2D eigenvalue weighted by Crippen LogP contribution is -2.49. The smallest absolute Gasteiger partial charge is 0.365 e. The minimum atomic E-state index is -4.34. The second-order valence-electron chi connectivity index (χ2n) is 4.73. The molecular weight excluding hydrogens is 301 g/mol. The predicted molar refractivity (Wildman–Crippen MR) is 75.6 cm³/mol. The first-order chi connectivity index (χ1) is 10.0. The van der Waals surface area contributed by atoms with Crippen molar-refractivity contribution in [2.45, 2.75) is 12.3 Å². The predicted octanol–water partition coefficient (Wildman–Crippen LogP) is 3.58. The molecule has 0 bridgehead atoms. The Morgan fingerprint density at radius 2 is 2.00 bits per heavy atom. The summed E-state index contributed by atoms with van der Waals surface area (Å²) < 4.78 is 43.0. The minimum Gasteiger partial charge on any atom is -0.365 e. The van der Waals surface area contributed by atoms with Crippen molar-refractivity contribution in [2.24, 2.45) is 0 Å². The molecule has 7 heteroatoms. The molecule has 1 aliphatic rings. The van der Waals surface area contributed by atoms with Crippen molar-refractivity contribution in [3.8, 4) is 11.3 Å². The van der Waals surface area contributed by atoms with Gasteiger partial charge in [0.1, 0.15) is 0 Å². The zero-order valence-electron chi connectivity index (χ0n) is 11.0. The topological polar surface area (TPSA) is 25.4 Å². The first kappa shape index (κ1) is 14.3.